The lowest BCUT2D eigenvalue weighted by Crippen LogP contribution is -2.58. The summed E-state index contributed by atoms with van der Waals surface area (Å²) in [6.07, 6.45) is 7.05. The lowest BCUT2D eigenvalue weighted by Gasteiger charge is -2.64. The van der Waals surface area contributed by atoms with Gasteiger partial charge in [-0.15, -0.1) is 0 Å². The molecular weight excluding hydrogens is 715 g/mol. The summed E-state index contributed by atoms with van der Waals surface area (Å²) < 4.78 is 0. The first kappa shape index (κ1) is 34.8. The summed E-state index contributed by atoms with van der Waals surface area (Å²) in [7, 11) is 0. The van der Waals surface area contributed by atoms with Crippen LogP contribution in [0.5, 0.6) is 0 Å². The fraction of sp³-hybridized carbons (Fsp3) is 0.232. The van der Waals surface area contributed by atoms with Gasteiger partial charge in [-0.05, 0) is 129 Å². The third-order valence-electron chi connectivity index (χ3n) is 15.0. The van der Waals surface area contributed by atoms with E-state index in [2.05, 4.69) is 159 Å². The molecule has 4 saturated carbocycles. The topological polar surface area (TPSA) is 38.7 Å². The third-order valence-corrected chi connectivity index (χ3v) is 15.0. The molecule has 0 saturated heterocycles. The highest BCUT2D eigenvalue weighted by Crippen LogP contribution is 2.68. The molecule has 4 fully saturated rings. The van der Waals surface area contributed by atoms with E-state index >= 15 is 0 Å². The predicted octanol–water partition coefficient (Wildman–Crippen LogP) is 13.7. The summed E-state index contributed by atoms with van der Waals surface area (Å²) in [5, 5.41) is 2.34. The van der Waals surface area contributed by atoms with Crippen LogP contribution in [-0.2, 0) is 10.8 Å². The zero-order valence-corrected chi connectivity index (χ0v) is 33.8. The third kappa shape index (κ3) is 5.43. The molecule has 13 rings (SSSR count). The highest BCUT2D eigenvalue weighted by molar-refractivity contribution is 5.90. The quantitative estimate of drug-likeness (QED) is 0.175. The van der Waals surface area contributed by atoms with Gasteiger partial charge >= 0.3 is 0 Å². The fourth-order valence-corrected chi connectivity index (χ4v) is 12.4. The van der Waals surface area contributed by atoms with Gasteiger partial charge in [0.1, 0.15) is 0 Å². The van der Waals surface area contributed by atoms with Gasteiger partial charge in [0.15, 0.2) is 17.5 Å². The number of hydrogen-bond acceptors (Lipinski definition) is 3. The van der Waals surface area contributed by atoms with E-state index in [1.165, 1.54) is 70.9 Å². The molecule has 0 amide bonds. The molecular formula is C56H47N3. The molecule has 1 aromatic heterocycles. The highest BCUT2D eigenvalue weighted by atomic mass is 15.0. The molecule has 5 aliphatic rings. The van der Waals surface area contributed by atoms with E-state index < -0.39 is 0 Å². The van der Waals surface area contributed by atoms with Crippen LogP contribution in [0.15, 0.2) is 164 Å². The second-order valence-electron chi connectivity index (χ2n) is 18.5. The van der Waals surface area contributed by atoms with Gasteiger partial charge in [0, 0.05) is 27.5 Å². The number of aromatic nitrogens is 3. The van der Waals surface area contributed by atoms with Crippen molar-refractivity contribution in [2.24, 2.45) is 23.7 Å². The van der Waals surface area contributed by atoms with Crippen molar-refractivity contribution in [3.05, 3.63) is 186 Å². The highest BCUT2D eigenvalue weighted by Gasteiger charge is 2.62. The maximum Gasteiger partial charge on any atom is 0.164 e. The number of benzene rings is 7. The van der Waals surface area contributed by atoms with Crippen molar-refractivity contribution in [1.29, 1.82) is 0 Å². The van der Waals surface area contributed by atoms with Crippen LogP contribution in [0.1, 0.15) is 68.2 Å². The summed E-state index contributed by atoms with van der Waals surface area (Å²) in [5.41, 5.74) is 14.2. The van der Waals surface area contributed by atoms with Crippen LogP contribution in [0.25, 0.3) is 67.2 Å². The first-order chi connectivity index (χ1) is 28.9. The van der Waals surface area contributed by atoms with Gasteiger partial charge in [0.05, 0.1) is 0 Å². The van der Waals surface area contributed by atoms with Crippen molar-refractivity contribution in [2.45, 2.75) is 56.8 Å². The molecule has 8 aromatic rings. The van der Waals surface area contributed by atoms with Crippen molar-refractivity contribution in [3.8, 4) is 56.4 Å². The Morgan fingerprint density at radius 1 is 0.356 bits per heavy atom. The lowest BCUT2D eigenvalue weighted by atomic mass is 9.39. The Morgan fingerprint density at radius 2 is 0.797 bits per heavy atom. The SMILES string of the molecule is CC1(C)c2ccccc2C2(c3ccc(-c4ccc(-c5nc(-c6ccccc6)nc(-c6ccc7ccc(-c8ccccc8)cc7c6)n5)cc4)cc31)C1CC3CC(C1)CC2C3. The zero-order valence-electron chi connectivity index (χ0n) is 33.8. The predicted molar refractivity (Wildman–Crippen MR) is 241 cm³/mol. The molecule has 0 radical (unpaired) electrons. The Labute approximate surface area is 347 Å². The monoisotopic (exact) mass is 761 g/mol. The van der Waals surface area contributed by atoms with Crippen LogP contribution in [0.2, 0.25) is 0 Å². The minimum absolute atomic E-state index is 0.0806. The fourth-order valence-electron chi connectivity index (χ4n) is 12.4. The molecule has 3 nitrogen and oxygen atoms in total. The first-order valence-electron chi connectivity index (χ1n) is 21.7. The van der Waals surface area contributed by atoms with Crippen molar-refractivity contribution in [2.75, 3.05) is 0 Å². The van der Waals surface area contributed by atoms with E-state index in [9.17, 15) is 0 Å². The minimum Gasteiger partial charge on any atom is -0.208 e. The minimum atomic E-state index is -0.0806. The van der Waals surface area contributed by atoms with Crippen LogP contribution in [0, 0.1) is 23.7 Å². The molecule has 0 aliphatic heterocycles. The van der Waals surface area contributed by atoms with E-state index in [1.807, 2.05) is 18.2 Å². The van der Waals surface area contributed by atoms with Crippen molar-refractivity contribution in [3.63, 3.8) is 0 Å². The summed E-state index contributed by atoms with van der Waals surface area (Å²) >= 11 is 0. The van der Waals surface area contributed by atoms with E-state index in [0.717, 1.165) is 45.7 Å². The molecule has 5 aliphatic carbocycles. The second-order valence-corrected chi connectivity index (χ2v) is 18.5. The number of rotatable bonds is 5. The maximum atomic E-state index is 5.15. The van der Waals surface area contributed by atoms with Gasteiger partial charge in [-0.25, -0.2) is 15.0 Å². The normalized spacial score (nSPS) is 23.3. The Bertz CT molecular complexity index is 2880. The number of hydrogen-bond donors (Lipinski definition) is 0. The molecule has 1 spiro atoms. The molecule has 0 N–H and O–H groups in total. The molecule has 286 valence electrons. The smallest absolute Gasteiger partial charge is 0.164 e. The van der Waals surface area contributed by atoms with E-state index in [1.54, 1.807) is 11.1 Å². The Kier molecular flexibility index (Phi) is 7.77. The average molecular weight is 762 g/mol. The second kappa shape index (κ2) is 13.2. The summed E-state index contributed by atoms with van der Waals surface area (Å²) in [4.78, 5) is 15.3. The molecule has 7 aromatic carbocycles. The average Bonchev–Trinajstić information content (AvgIpc) is 3.29. The summed E-state index contributed by atoms with van der Waals surface area (Å²) in [6.45, 7) is 4.92. The van der Waals surface area contributed by atoms with Gasteiger partial charge in [0.25, 0.3) is 0 Å². The van der Waals surface area contributed by atoms with Crippen LogP contribution in [0.3, 0.4) is 0 Å². The van der Waals surface area contributed by atoms with E-state index in [4.69, 9.17) is 15.0 Å². The van der Waals surface area contributed by atoms with Gasteiger partial charge in [-0.1, -0.05) is 159 Å². The van der Waals surface area contributed by atoms with E-state index in [-0.39, 0.29) is 10.8 Å². The van der Waals surface area contributed by atoms with Crippen LogP contribution < -0.4 is 0 Å². The van der Waals surface area contributed by atoms with Crippen molar-refractivity contribution < 1.29 is 0 Å². The molecule has 0 atom stereocenters. The van der Waals surface area contributed by atoms with Gasteiger partial charge in [-0.2, -0.15) is 0 Å². The molecule has 1 heterocycles. The summed E-state index contributed by atoms with van der Waals surface area (Å²) in [6, 6.07) is 59.9. The van der Waals surface area contributed by atoms with Crippen LogP contribution in [-0.4, -0.2) is 15.0 Å². The largest absolute Gasteiger partial charge is 0.208 e. The maximum absolute atomic E-state index is 5.15. The van der Waals surface area contributed by atoms with Crippen LogP contribution >= 0.6 is 0 Å². The Morgan fingerprint density at radius 3 is 1.46 bits per heavy atom. The standard InChI is InChI=1S/C56H47N3/c1-55(2)48-15-9-10-16-49(48)56(46-28-35-27-36(30-46)31-47(56)29-35)50-26-25-43(34-51(50)55)38-17-21-41(22-18-38)53-57-52(40-13-7-4-8-14-40)58-54(59-53)44-24-20-39-19-23-42(32-45(39)33-44)37-11-5-3-6-12-37/h3-26,32-36,46-47H,27-31H2,1-2H3. The molecule has 59 heavy (non-hydrogen) atoms. The number of nitrogens with zero attached hydrogens (tertiary/aromatic N) is 3. The Balaban J connectivity index is 0.932. The van der Waals surface area contributed by atoms with Crippen molar-refractivity contribution in [1.82, 2.24) is 15.0 Å². The first-order valence-corrected chi connectivity index (χ1v) is 21.7. The zero-order chi connectivity index (χ0) is 39.3. The van der Waals surface area contributed by atoms with Gasteiger partial charge in [0.2, 0.25) is 0 Å². The van der Waals surface area contributed by atoms with Gasteiger partial charge < -0.3 is 0 Å². The summed E-state index contributed by atoms with van der Waals surface area (Å²) in [5.74, 6) is 5.35. The molecule has 0 unspecified atom stereocenters. The van der Waals surface area contributed by atoms with Crippen LogP contribution in [0.4, 0.5) is 0 Å². The van der Waals surface area contributed by atoms with Crippen molar-refractivity contribution >= 4 is 10.8 Å². The molecule has 4 bridgehead atoms. The molecule has 3 heteroatoms. The Hall–Kier alpha value is -6.19. The van der Waals surface area contributed by atoms with Gasteiger partial charge in [-0.3, -0.25) is 0 Å². The van der Waals surface area contributed by atoms with E-state index in [0.29, 0.717) is 17.5 Å². The lowest BCUT2D eigenvalue weighted by molar-refractivity contribution is -0.0443. The number of fused-ring (bicyclic) bond motifs is 3.